The molecule has 0 spiro atoms. The highest BCUT2D eigenvalue weighted by molar-refractivity contribution is 14.1. The van der Waals surface area contributed by atoms with Crippen molar-refractivity contribution in [2.24, 2.45) is 7.05 Å². The van der Waals surface area contributed by atoms with Crippen LogP contribution >= 0.6 is 80.6 Å². The van der Waals surface area contributed by atoms with Gasteiger partial charge in [0, 0.05) is 7.05 Å². The number of alkyl halides is 5. The van der Waals surface area contributed by atoms with Crippen molar-refractivity contribution in [2.75, 3.05) is 0 Å². The molecule has 0 aromatic carbocycles. The average Bonchev–Trinajstić information content (AvgIpc) is 2.28. The van der Waals surface area contributed by atoms with Gasteiger partial charge in [0.05, 0.1) is 0 Å². The van der Waals surface area contributed by atoms with Gasteiger partial charge < -0.3 is 0 Å². The number of halogens is 6. The molecule has 0 unspecified atom stereocenters. The number of aromatic nitrogens is 3. The van der Waals surface area contributed by atoms with Gasteiger partial charge in [0.1, 0.15) is 9.39 Å². The summed E-state index contributed by atoms with van der Waals surface area (Å²) in [5.41, 5.74) is 0.349. The average molecular weight is 409 g/mol. The van der Waals surface area contributed by atoms with E-state index in [0.29, 0.717) is 9.39 Å². The lowest BCUT2D eigenvalue weighted by molar-refractivity contribution is 0.650. The molecule has 9 heteroatoms. The van der Waals surface area contributed by atoms with Crippen LogP contribution < -0.4 is 0 Å². The third kappa shape index (κ3) is 2.35. The lowest BCUT2D eigenvalue weighted by atomic mass is 10.3. The summed E-state index contributed by atoms with van der Waals surface area (Å²) in [6, 6.07) is 0. The van der Waals surface area contributed by atoms with Crippen LogP contribution in [0.25, 0.3) is 0 Å². The quantitative estimate of drug-likeness (QED) is 0.526. The first-order valence-electron chi connectivity index (χ1n) is 3.18. The monoisotopic (exact) mass is 407 g/mol. The summed E-state index contributed by atoms with van der Waals surface area (Å²) in [5.74, 6) is 0. The van der Waals surface area contributed by atoms with Crippen molar-refractivity contribution in [1.82, 2.24) is 15.0 Å². The first-order valence-corrected chi connectivity index (χ1v) is 6.15. The fraction of sp³-hybridized carbons (Fsp3) is 0.600. The van der Waals surface area contributed by atoms with Crippen LogP contribution in [0.5, 0.6) is 0 Å². The van der Waals surface area contributed by atoms with Crippen molar-refractivity contribution >= 4 is 80.6 Å². The largest absolute Gasteiger partial charge is 0.248 e. The normalized spacial score (nSPS) is 13.4. The van der Waals surface area contributed by atoms with Crippen LogP contribution in [0.4, 0.5) is 0 Å². The van der Waals surface area contributed by atoms with Crippen molar-refractivity contribution in [3.05, 3.63) is 9.39 Å². The van der Waals surface area contributed by atoms with Crippen LogP contribution in [0.3, 0.4) is 0 Å². The molecule has 1 rings (SSSR count). The second kappa shape index (κ2) is 4.30. The van der Waals surface area contributed by atoms with Gasteiger partial charge in [0.25, 0.3) is 0 Å². The summed E-state index contributed by atoms with van der Waals surface area (Å²) < 4.78 is -1.69. The molecule has 3 nitrogen and oxygen atoms in total. The van der Waals surface area contributed by atoms with Crippen LogP contribution in [-0.2, 0) is 11.4 Å². The standard InChI is InChI=1S/C5H3Cl5IN3/c1-14-2(3(11)12-13-14)4(6,7)5(8,9)10/h1H3. The Kier molecular flexibility index (Phi) is 4.11. The van der Waals surface area contributed by atoms with Gasteiger partial charge in [0.15, 0.2) is 0 Å². The minimum absolute atomic E-state index is 0.349. The third-order valence-electron chi connectivity index (χ3n) is 1.44. The van der Waals surface area contributed by atoms with Crippen molar-refractivity contribution in [2.45, 2.75) is 8.13 Å². The molecule has 0 aliphatic heterocycles. The molecule has 0 amide bonds. The molecular weight excluding hydrogens is 406 g/mol. The van der Waals surface area contributed by atoms with E-state index in [0.717, 1.165) is 0 Å². The zero-order chi connectivity index (χ0) is 11.1. The molecule has 0 saturated heterocycles. The van der Waals surface area contributed by atoms with E-state index in [2.05, 4.69) is 10.3 Å². The number of nitrogens with zero attached hydrogens (tertiary/aromatic N) is 3. The van der Waals surface area contributed by atoms with Crippen molar-refractivity contribution in [3.63, 3.8) is 0 Å². The van der Waals surface area contributed by atoms with Gasteiger partial charge in [-0.3, -0.25) is 0 Å². The summed E-state index contributed by atoms with van der Waals surface area (Å²) in [6.45, 7) is 0. The topological polar surface area (TPSA) is 30.7 Å². The Morgan fingerprint density at radius 2 is 1.71 bits per heavy atom. The van der Waals surface area contributed by atoms with Crippen LogP contribution in [-0.4, -0.2) is 18.8 Å². The molecule has 0 N–H and O–H groups in total. The third-order valence-corrected chi connectivity index (χ3v) is 4.52. The molecule has 0 atom stereocenters. The molecule has 0 saturated carbocycles. The highest BCUT2D eigenvalue weighted by Crippen LogP contribution is 2.53. The molecule has 14 heavy (non-hydrogen) atoms. The van der Waals surface area contributed by atoms with Gasteiger partial charge in [0.2, 0.25) is 8.13 Å². The van der Waals surface area contributed by atoms with Crippen LogP contribution in [0.2, 0.25) is 0 Å². The van der Waals surface area contributed by atoms with E-state index in [4.69, 9.17) is 58.0 Å². The summed E-state index contributed by atoms with van der Waals surface area (Å²) in [7, 11) is 1.61. The maximum Gasteiger partial charge on any atom is 0.228 e. The van der Waals surface area contributed by atoms with E-state index in [1.54, 1.807) is 7.05 Å². The van der Waals surface area contributed by atoms with E-state index in [9.17, 15) is 0 Å². The van der Waals surface area contributed by atoms with E-state index in [-0.39, 0.29) is 0 Å². The zero-order valence-electron chi connectivity index (χ0n) is 6.61. The number of hydrogen-bond donors (Lipinski definition) is 0. The Morgan fingerprint density at radius 1 is 1.21 bits per heavy atom. The van der Waals surface area contributed by atoms with E-state index < -0.39 is 8.13 Å². The fourth-order valence-corrected chi connectivity index (χ4v) is 2.66. The van der Waals surface area contributed by atoms with Crippen molar-refractivity contribution in [3.8, 4) is 0 Å². The molecule has 0 bridgehead atoms. The molecule has 0 aliphatic carbocycles. The predicted molar refractivity (Wildman–Crippen MR) is 67.4 cm³/mol. The minimum atomic E-state index is -1.86. The molecule has 0 aliphatic rings. The second-order valence-electron chi connectivity index (χ2n) is 2.42. The van der Waals surface area contributed by atoms with E-state index in [1.807, 2.05) is 22.6 Å². The Balaban J connectivity index is 3.29. The van der Waals surface area contributed by atoms with Gasteiger partial charge in [-0.1, -0.05) is 63.2 Å². The smallest absolute Gasteiger partial charge is 0.228 e. The molecule has 1 aromatic rings. The highest BCUT2D eigenvalue weighted by atomic mass is 127. The number of rotatable bonds is 1. The van der Waals surface area contributed by atoms with Crippen LogP contribution in [0.1, 0.15) is 5.69 Å². The Morgan fingerprint density at radius 3 is 2.00 bits per heavy atom. The summed E-state index contributed by atoms with van der Waals surface area (Å²) in [5, 5.41) is 7.46. The SMILES string of the molecule is Cn1nnc(I)c1C(Cl)(Cl)C(Cl)(Cl)Cl. The molecule has 0 radical (unpaired) electrons. The van der Waals surface area contributed by atoms with E-state index in [1.165, 1.54) is 4.68 Å². The van der Waals surface area contributed by atoms with Gasteiger partial charge >= 0.3 is 0 Å². The fourth-order valence-electron chi connectivity index (χ4n) is 0.799. The van der Waals surface area contributed by atoms with Crippen LogP contribution in [0, 0.1) is 3.70 Å². The Bertz CT molecular complexity index is 324. The summed E-state index contributed by atoms with van der Waals surface area (Å²) in [4.78, 5) is 0. The number of hydrogen-bond acceptors (Lipinski definition) is 2. The second-order valence-corrected chi connectivity index (χ2v) is 7.06. The number of aryl methyl sites for hydroxylation is 1. The summed E-state index contributed by atoms with van der Waals surface area (Å²) in [6.07, 6.45) is 0. The highest BCUT2D eigenvalue weighted by Gasteiger charge is 2.51. The van der Waals surface area contributed by atoms with Crippen molar-refractivity contribution < 1.29 is 0 Å². The van der Waals surface area contributed by atoms with Gasteiger partial charge in [-0.25, -0.2) is 4.68 Å². The van der Waals surface area contributed by atoms with Gasteiger partial charge in [-0.15, -0.1) is 5.10 Å². The molecule has 0 fully saturated rings. The lowest BCUT2D eigenvalue weighted by Crippen LogP contribution is -2.31. The van der Waals surface area contributed by atoms with Gasteiger partial charge in [-0.2, -0.15) is 0 Å². The van der Waals surface area contributed by atoms with E-state index >= 15 is 0 Å². The van der Waals surface area contributed by atoms with Gasteiger partial charge in [-0.05, 0) is 22.6 Å². The molecule has 1 aromatic heterocycles. The zero-order valence-corrected chi connectivity index (χ0v) is 12.5. The first kappa shape index (κ1) is 13.4. The molecule has 1 heterocycles. The maximum atomic E-state index is 5.95. The van der Waals surface area contributed by atoms with Crippen molar-refractivity contribution in [1.29, 1.82) is 0 Å². The van der Waals surface area contributed by atoms with Crippen LogP contribution in [0.15, 0.2) is 0 Å². The predicted octanol–water partition coefficient (Wildman–Crippen LogP) is 3.42. The lowest BCUT2D eigenvalue weighted by Gasteiger charge is -2.26. The minimum Gasteiger partial charge on any atom is -0.248 e. The first-order chi connectivity index (χ1) is 6.18. The Labute approximate surface area is 119 Å². The molecule has 80 valence electrons. The molecular formula is C5H3Cl5IN3. The Hall–Kier alpha value is 1.32. The maximum absolute atomic E-state index is 5.95. The summed E-state index contributed by atoms with van der Waals surface area (Å²) >= 11 is 30.8.